The number of hydrogen-bond donors (Lipinski definition) is 4. The van der Waals surface area contributed by atoms with E-state index in [1.807, 2.05) is 0 Å². The van der Waals surface area contributed by atoms with Gasteiger partial charge >= 0.3 is 23.8 Å². The highest BCUT2D eigenvalue weighted by atomic mass is 35.5. The van der Waals surface area contributed by atoms with E-state index in [1.165, 1.54) is 48.5 Å². The van der Waals surface area contributed by atoms with Gasteiger partial charge in [0.1, 0.15) is 5.60 Å². The van der Waals surface area contributed by atoms with Gasteiger partial charge in [-0.05, 0) is 69.3 Å². The van der Waals surface area contributed by atoms with E-state index in [2.05, 4.69) is 25.3 Å². The van der Waals surface area contributed by atoms with Crippen molar-refractivity contribution in [1.82, 2.24) is 10.1 Å². The summed E-state index contributed by atoms with van der Waals surface area (Å²) < 4.78 is 15.0. The summed E-state index contributed by atoms with van der Waals surface area (Å²) in [6, 6.07) is 11.9. The minimum atomic E-state index is -1.85. The van der Waals surface area contributed by atoms with E-state index in [9.17, 15) is 33.9 Å². The molecule has 0 aliphatic rings. The van der Waals surface area contributed by atoms with Crippen molar-refractivity contribution in [3.05, 3.63) is 59.1 Å². The zero-order valence-electron chi connectivity index (χ0n) is 24.8. The van der Waals surface area contributed by atoms with Gasteiger partial charge in [0.25, 0.3) is 5.91 Å². The maximum Gasteiger partial charge on any atom is 0.439 e. The highest BCUT2D eigenvalue weighted by Crippen LogP contribution is 2.25. The number of aromatic nitrogens is 2. The molecule has 2 aromatic carbocycles. The summed E-state index contributed by atoms with van der Waals surface area (Å²) >= 11 is 5.98. The Morgan fingerprint density at radius 3 is 2.13 bits per heavy atom. The fraction of sp³-hybridized carbons (Fsp3) is 0.345. The molecule has 3 aromatic rings. The molecule has 0 fully saturated rings. The number of nitrogens with one attached hydrogen (secondary N) is 3. The number of ether oxygens (including phenoxy) is 2. The Balaban J connectivity index is 1.87. The Morgan fingerprint density at radius 1 is 1.02 bits per heavy atom. The van der Waals surface area contributed by atoms with Crippen molar-refractivity contribution in [1.29, 1.82) is 0 Å². The summed E-state index contributed by atoms with van der Waals surface area (Å²) in [7, 11) is 0. The minimum Gasteiger partial charge on any atom is -0.481 e. The quantitative estimate of drug-likeness (QED) is 0.165. The van der Waals surface area contributed by atoms with Crippen LogP contribution >= 0.6 is 11.6 Å². The Kier molecular flexibility index (Phi) is 11.4. The molecule has 0 unspecified atom stereocenters. The zero-order valence-corrected chi connectivity index (χ0v) is 25.5. The van der Waals surface area contributed by atoms with Crippen LogP contribution in [0.25, 0.3) is 11.4 Å². The smallest absolute Gasteiger partial charge is 0.439 e. The van der Waals surface area contributed by atoms with E-state index in [-0.39, 0.29) is 29.6 Å². The van der Waals surface area contributed by atoms with E-state index in [0.29, 0.717) is 11.3 Å². The Bertz CT molecular complexity index is 1580. The average Bonchev–Trinajstić information content (AvgIpc) is 3.39. The fourth-order valence-electron chi connectivity index (χ4n) is 4.06. The van der Waals surface area contributed by atoms with Crippen molar-refractivity contribution in [2.24, 2.45) is 5.92 Å². The van der Waals surface area contributed by atoms with Gasteiger partial charge in [0.05, 0.1) is 12.3 Å². The second-order valence-electron chi connectivity index (χ2n) is 10.6. The minimum absolute atomic E-state index is 0.0601. The highest BCUT2D eigenvalue weighted by molar-refractivity contribution is 6.18. The lowest BCUT2D eigenvalue weighted by Gasteiger charge is -2.30. The van der Waals surface area contributed by atoms with E-state index >= 15 is 0 Å². The van der Waals surface area contributed by atoms with Gasteiger partial charge in [-0.3, -0.25) is 34.0 Å². The van der Waals surface area contributed by atoms with Gasteiger partial charge in [0.15, 0.2) is 11.9 Å². The standard InChI is InChI=1S/C29H32ClN5O10/c1-16(36)43-23(26(40)35(14-13-30)20-11-9-19(10-12-20)32-27(41)44-29(2,3)4)21(15-22(37)38)25(39)31-18-7-5-17(6-8-18)24-33-28(42)45-34-24/h5-12,21,23H,13-15H2,1-4H3,(H,31,39)(H,32,41)(H,37,38)(H,33,34,42)/t21-,23-/m1/s1. The van der Waals surface area contributed by atoms with Crippen LogP contribution in [0.4, 0.5) is 21.9 Å². The highest BCUT2D eigenvalue weighted by Gasteiger charge is 2.40. The molecule has 0 aliphatic heterocycles. The number of esters is 1. The number of carboxylic acid groups (broad SMARTS) is 1. The molecule has 45 heavy (non-hydrogen) atoms. The first-order valence-electron chi connectivity index (χ1n) is 13.5. The first-order chi connectivity index (χ1) is 21.2. The lowest BCUT2D eigenvalue weighted by atomic mass is 9.95. The molecule has 4 N–H and O–H groups in total. The second-order valence-corrected chi connectivity index (χ2v) is 11.0. The number of alkyl halides is 1. The molecule has 0 spiro atoms. The maximum atomic E-state index is 13.9. The predicted octanol–water partition coefficient (Wildman–Crippen LogP) is 3.61. The summed E-state index contributed by atoms with van der Waals surface area (Å²) in [4.78, 5) is 78.0. The molecule has 240 valence electrons. The van der Waals surface area contributed by atoms with E-state index in [4.69, 9.17) is 21.1 Å². The van der Waals surface area contributed by atoms with Crippen molar-refractivity contribution >= 4 is 58.5 Å². The Labute approximate surface area is 261 Å². The first-order valence-corrected chi connectivity index (χ1v) is 14.0. The van der Waals surface area contributed by atoms with Crippen molar-refractivity contribution in [2.45, 2.75) is 45.8 Å². The number of carbonyl (C=O) groups is 5. The molecule has 16 heteroatoms. The summed E-state index contributed by atoms with van der Waals surface area (Å²) in [5.41, 5.74) is 0.568. The number of carboxylic acids is 1. The number of rotatable bonds is 12. The molecule has 3 rings (SSSR count). The number of amides is 3. The third kappa shape index (κ3) is 10.2. The summed E-state index contributed by atoms with van der Waals surface area (Å²) in [6.07, 6.45) is -3.40. The van der Waals surface area contributed by atoms with Crippen LogP contribution in [0.3, 0.4) is 0 Å². The number of halogens is 1. The molecule has 3 amide bonds. The SMILES string of the molecule is CC(=O)O[C@@H](C(=O)N(CCCl)c1ccc(NC(=O)OC(C)(C)C)cc1)[C@@H](CC(=O)O)C(=O)Nc1ccc(-c2noc(=O)[nH]2)cc1. The molecular formula is C29H32ClN5O10. The second kappa shape index (κ2) is 15.0. The summed E-state index contributed by atoms with van der Waals surface area (Å²) in [6.45, 7) is 6.06. The topological polar surface area (TPSA) is 210 Å². The molecule has 1 aromatic heterocycles. The first kappa shape index (κ1) is 34.3. The van der Waals surface area contributed by atoms with E-state index < -0.39 is 59.6 Å². The molecule has 0 saturated heterocycles. The van der Waals surface area contributed by atoms with Gasteiger partial charge in [-0.2, -0.15) is 0 Å². The average molecular weight is 646 g/mol. The van der Waals surface area contributed by atoms with Gasteiger partial charge < -0.3 is 24.8 Å². The lowest BCUT2D eigenvalue weighted by Crippen LogP contribution is -2.49. The van der Waals surface area contributed by atoms with Crippen LogP contribution in [0, 0.1) is 5.92 Å². The van der Waals surface area contributed by atoms with Crippen LogP contribution in [0.5, 0.6) is 0 Å². The van der Waals surface area contributed by atoms with Crippen LogP contribution in [-0.4, -0.2) is 69.2 Å². The van der Waals surface area contributed by atoms with Crippen molar-refractivity contribution < 1.29 is 43.1 Å². The van der Waals surface area contributed by atoms with E-state index in [1.54, 1.807) is 20.8 Å². The summed E-state index contributed by atoms with van der Waals surface area (Å²) in [5, 5.41) is 18.3. The number of aliphatic carboxylic acids is 1. The van der Waals surface area contributed by atoms with Crippen LogP contribution in [-0.2, 0) is 28.7 Å². The molecule has 15 nitrogen and oxygen atoms in total. The molecule has 0 aliphatic carbocycles. The van der Waals surface area contributed by atoms with Crippen LogP contribution in [0.15, 0.2) is 57.8 Å². The van der Waals surface area contributed by atoms with Gasteiger partial charge in [0, 0.05) is 42.0 Å². The molecule has 1 heterocycles. The number of carbonyl (C=O) groups excluding carboxylic acids is 4. The Morgan fingerprint density at radius 2 is 1.62 bits per heavy atom. The molecular weight excluding hydrogens is 614 g/mol. The molecule has 2 atom stereocenters. The van der Waals surface area contributed by atoms with Gasteiger partial charge in [-0.25, -0.2) is 9.59 Å². The number of anilines is 3. The Hall–Kier alpha value is -5.18. The van der Waals surface area contributed by atoms with Crippen LogP contribution in [0.2, 0.25) is 0 Å². The fourth-order valence-corrected chi connectivity index (χ4v) is 4.23. The third-order valence-corrected chi connectivity index (χ3v) is 6.07. The monoisotopic (exact) mass is 645 g/mol. The van der Waals surface area contributed by atoms with Gasteiger partial charge in [0.2, 0.25) is 5.91 Å². The van der Waals surface area contributed by atoms with E-state index in [0.717, 1.165) is 11.8 Å². The van der Waals surface area contributed by atoms with Gasteiger partial charge in [-0.15, -0.1) is 11.6 Å². The molecule has 0 radical (unpaired) electrons. The van der Waals surface area contributed by atoms with Crippen molar-refractivity contribution in [3.63, 3.8) is 0 Å². The summed E-state index contributed by atoms with van der Waals surface area (Å²) in [5.74, 6) is -6.48. The number of benzene rings is 2. The normalized spacial score (nSPS) is 12.4. The molecule has 0 bridgehead atoms. The van der Waals surface area contributed by atoms with Crippen molar-refractivity contribution in [3.8, 4) is 11.4 Å². The number of H-pyrrole nitrogens is 1. The van der Waals surface area contributed by atoms with Crippen LogP contribution in [0.1, 0.15) is 34.1 Å². The maximum absolute atomic E-state index is 13.9. The number of nitrogens with zero attached hydrogens (tertiary/aromatic N) is 2. The largest absolute Gasteiger partial charge is 0.481 e. The third-order valence-electron chi connectivity index (χ3n) is 5.90. The van der Waals surface area contributed by atoms with Gasteiger partial charge in [-0.1, -0.05) is 5.16 Å². The van der Waals surface area contributed by atoms with Crippen molar-refractivity contribution in [2.75, 3.05) is 28.0 Å². The predicted molar refractivity (Wildman–Crippen MR) is 162 cm³/mol. The van der Waals surface area contributed by atoms with Crippen LogP contribution < -0.4 is 21.3 Å². The molecule has 0 saturated carbocycles. The zero-order chi connectivity index (χ0) is 33.3. The number of aromatic amines is 1. The number of hydrogen-bond acceptors (Lipinski definition) is 10. The lowest BCUT2D eigenvalue weighted by molar-refractivity contribution is -0.160.